The van der Waals surface area contributed by atoms with Crippen molar-refractivity contribution in [2.75, 3.05) is 13.7 Å². The van der Waals surface area contributed by atoms with Gasteiger partial charge in [0.05, 0.1) is 6.61 Å². The molecular weight excluding hydrogens is 218 g/mol. The molecule has 0 aliphatic carbocycles. The molecule has 0 bridgehead atoms. The summed E-state index contributed by atoms with van der Waals surface area (Å²) in [7, 11) is 1.41. The van der Waals surface area contributed by atoms with Crippen molar-refractivity contribution in [2.45, 2.75) is 37.6 Å². The van der Waals surface area contributed by atoms with Gasteiger partial charge in [0, 0.05) is 14.0 Å². The summed E-state index contributed by atoms with van der Waals surface area (Å²) in [5, 5.41) is 31.2. The molecule has 1 fully saturated rings. The number of carbonyl (C=O) groups excluding carboxylic acids is 1. The van der Waals surface area contributed by atoms with Crippen LogP contribution in [0.5, 0.6) is 0 Å². The molecule has 1 amide bonds. The van der Waals surface area contributed by atoms with Crippen LogP contribution in [0.3, 0.4) is 0 Å². The van der Waals surface area contributed by atoms with Crippen LogP contribution in [0.1, 0.15) is 6.92 Å². The van der Waals surface area contributed by atoms with Gasteiger partial charge in [-0.25, -0.2) is 0 Å². The van der Waals surface area contributed by atoms with E-state index in [1.165, 1.54) is 14.0 Å². The van der Waals surface area contributed by atoms with Crippen LogP contribution in [-0.2, 0) is 14.3 Å². The van der Waals surface area contributed by atoms with E-state index in [1.54, 1.807) is 0 Å². The van der Waals surface area contributed by atoms with Gasteiger partial charge in [0.25, 0.3) is 0 Å². The number of hydrogen-bond acceptors (Lipinski definition) is 6. The van der Waals surface area contributed by atoms with Gasteiger partial charge in [-0.15, -0.1) is 0 Å². The highest BCUT2D eigenvalue weighted by molar-refractivity contribution is 5.73. The van der Waals surface area contributed by atoms with Gasteiger partial charge < -0.3 is 30.1 Å². The van der Waals surface area contributed by atoms with Crippen LogP contribution in [0.4, 0.5) is 0 Å². The Hall–Kier alpha value is -0.730. The van der Waals surface area contributed by atoms with Crippen LogP contribution in [0, 0.1) is 0 Å². The molecule has 7 heteroatoms. The average Bonchev–Trinajstić information content (AvgIpc) is 2.21. The number of aliphatic hydroxyl groups is 3. The third-order valence-corrected chi connectivity index (χ3v) is 2.42. The fourth-order valence-electron chi connectivity index (χ4n) is 1.64. The minimum Gasteiger partial charge on any atom is -0.388 e. The first-order valence-corrected chi connectivity index (χ1v) is 4.93. The molecule has 16 heavy (non-hydrogen) atoms. The molecular formula is C9H17NO6. The summed E-state index contributed by atoms with van der Waals surface area (Å²) in [4.78, 5) is 10.8. The van der Waals surface area contributed by atoms with Crippen LogP contribution < -0.4 is 5.32 Å². The maximum absolute atomic E-state index is 10.8. The maximum Gasteiger partial charge on any atom is 0.217 e. The predicted octanol–water partition coefficient (Wildman–Crippen LogP) is -2.42. The zero-order valence-corrected chi connectivity index (χ0v) is 9.16. The quantitative estimate of drug-likeness (QED) is 0.433. The van der Waals surface area contributed by atoms with E-state index in [2.05, 4.69) is 5.32 Å². The van der Waals surface area contributed by atoms with Gasteiger partial charge in [0.15, 0.2) is 6.29 Å². The molecule has 1 unspecified atom stereocenters. The molecule has 1 heterocycles. The van der Waals surface area contributed by atoms with Crippen molar-refractivity contribution >= 4 is 5.91 Å². The molecule has 1 saturated heterocycles. The lowest BCUT2D eigenvalue weighted by molar-refractivity contribution is -0.255. The molecule has 0 saturated carbocycles. The molecule has 94 valence electrons. The normalized spacial score (nSPS) is 39.4. The van der Waals surface area contributed by atoms with Crippen LogP contribution in [-0.4, -0.2) is 65.6 Å². The summed E-state index contributed by atoms with van der Waals surface area (Å²) in [6.07, 6.45) is -4.71. The van der Waals surface area contributed by atoms with E-state index in [0.717, 1.165) is 0 Å². The fourth-order valence-corrected chi connectivity index (χ4v) is 1.64. The van der Waals surface area contributed by atoms with Gasteiger partial charge in [-0.05, 0) is 0 Å². The number of aliphatic hydroxyl groups excluding tert-OH is 3. The summed E-state index contributed by atoms with van der Waals surface area (Å²) >= 11 is 0. The molecule has 0 aromatic carbocycles. The first-order chi connectivity index (χ1) is 7.47. The highest BCUT2D eigenvalue weighted by Gasteiger charge is 2.44. The Morgan fingerprint density at radius 2 is 2.00 bits per heavy atom. The first-order valence-electron chi connectivity index (χ1n) is 4.93. The Labute approximate surface area is 93.0 Å². The van der Waals surface area contributed by atoms with Crippen molar-refractivity contribution in [1.29, 1.82) is 0 Å². The summed E-state index contributed by atoms with van der Waals surface area (Å²) in [5.41, 5.74) is 0. The molecule has 0 aromatic heterocycles. The lowest BCUT2D eigenvalue weighted by Gasteiger charge is -2.40. The number of nitrogens with one attached hydrogen (secondary N) is 1. The highest BCUT2D eigenvalue weighted by Crippen LogP contribution is 2.20. The molecule has 4 N–H and O–H groups in total. The molecule has 0 spiro atoms. The van der Waals surface area contributed by atoms with Gasteiger partial charge in [-0.3, -0.25) is 4.79 Å². The van der Waals surface area contributed by atoms with E-state index in [9.17, 15) is 20.1 Å². The third-order valence-electron chi connectivity index (χ3n) is 2.42. The van der Waals surface area contributed by atoms with Crippen LogP contribution in [0.25, 0.3) is 0 Å². The van der Waals surface area contributed by atoms with E-state index in [1.807, 2.05) is 0 Å². The van der Waals surface area contributed by atoms with Gasteiger partial charge in [0.2, 0.25) is 5.91 Å². The van der Waals surface area contributed by atoms with Crippen molar-refractivity contribution in [3.05, 3.63) is 0 Å². The largest absolute Gasteiger partial charge is 0.388 e. The monoisotopic (exact) mass is 235 g/mol. The summed E-state index contributed by atoms with van der Waals surface area (Å²) in [6, 6.07) is -1.04. The number of amides is 1. The molecule has 0 aromatic rings. The smallest absolute Gasteiger partial charge is 0.217 e. The Bertz CT molecular complexity index is 248. The topological polar surface area (TPSA) is 108 Å². The zero-order valence-electron chi connectivity index (χ0n) is 9.16. The van der Waals surface area contributed by atoms with Crippen molar-refractivity contribution in [3.8, 4) is 0 Å². The van der Waals surface area contributed by atoms with Gasteiger partial charge in [-0.1, -0.05) is 0 Å². The predicted molar refractivity (Wildman–Crippen MR) is 52.4 cm³/mol. The van der Waals surface area contributed by atoms with Crippen LogP contribution in [0.15, 0.2) is 0 Å². The Kier molecular flexibility index (Phi) is 4.63. The molecule has 7 nitrogen and oxygen atoms in total. The van der Waals surface area contributed by atoms with Crippen LogP contribution in [0.2, 0.25) is 0 Å². The summed E-state index contributed by atoms with van der Waals surface area (Å²) in [5.74, 6) is -0.427. The number of ether oxygens (including phenoxy) is 2. The van der Waals surface area contributed by atoms with E-state index in [0.29, 0.717) is 0 Å². The van der Waals surface area contributed by atoms with E-state index < -0.39 is 36.6 Å². The summed E-state index contributed by atoms with van der Waals surface area (Å²) in [6.45, 7) is 1.29. The second kappa shape index (κ2) is 5.55. The van der Waals surface area contributed by atoms with Crippen molar-refractivity contribution in [3.63, 3.8) is 0 Å². The van der Waals surface area contributed by atoms with E-state index in [4.69, 9.17) is 9.47 Å². The fraction of sp³-hybridized carbons (Fsp3) is 0.889. The molecule has 0 radical (unpaired) electrons. The Morgan fingerprint density at radius 1 is 1.38 bits per heavy atom. The zero-order chi connectivity index (χ0) is 12.3. The second-order valence-corrected chi connectivity index (χ2v) is 3.73. The lowest BCUT2D eigenvalue weighted by atomic mass is 9.97. The standard InChI is InChI=1S/C9H17NO6/c1-4(11)10-6-8(13)7(12)5(3-15-2)16-9(6)14/h5-9,12-14H,3H2,1-2H3,(H,10,11)/t5-,6+,7-,8-,9?/m1/s1. The van der Waals surface area contributed by atoms with Crippen molar-refractivity contribution in [2.24, 2.45) is 0 Å². The van der Waals surface area contributed by atoms with E-state index >= 15 is 0 Å². The lowest BCUT2D eigenvalue weighted by Crippen LogP contribution is -2.64. The highest BCUT2D eigenvalue weighted by atomic mass is 16.6. The van der Waals surface area contributed by atoms with Gasteiger partial charge >= 0.3 is 0 Å². The van der Waals surface area contributed by atoms with Crippen molar-refractivity contribution in [1.82, 2.24) is 5.32 Å². The third kappa shape index (κ3) is 2.89. The minimum atomic E-state index is -1.37. The Morgan fingerprint density at radius 3 is 2.50 bits per heavy atom. The molecule has 1 aliphatic rings. The average molecular weight is 235 g/mol. The summed E-state index contributed by atoms with van der Waals surface area (Å²) < 4.78 is 9.80. The second-order valence-electron chi connectivity index (χ2n) is 3.73. The SMILES string of the molecule is COC[C@H]1OC(O)[C@@H](NC(C)=O)[C@@H](O)[C@@H]1O. The molecule has 5 atom stereocenters. The minimum absolute atomic E-state index is 0.0437. The van der Waals surface area contributed by atoms with Gasteiger partial charge in [0.1, 0.15) is 24.4 Å². The van der Waals surface area contributed by atoms with Gasteiger partial charge in [-0.2, -0.15) is 0 Å². The first kappa shape index (κ1) is 13.3. The number of rotatable bonds is 3. The maximum atomic E-state index is 10.8. The van der Waals surface area contributed by atoms with Crippen molar-refractivity contribution < 1.29 is 29.6 Å². The number of hydrogen-bond donors (Lipinski definition) is 4. The molecule has 1 rings (SSSR count). The van der Waals surface area contributed by atoms with E-state index in [-0.39, 0.29) is 6.61 Å². The number of carbonyl (C=O) groups is 1. The van der Waals surface area contributed by atoms with Crippen LogP contribution >= 0.6 is 0 Å². The number of methoxy groups -OCH3 is 1. The molecule has 1 aliphatic heterocycles. The Balaban J connectivity index is 2.67.